The third-order valence-corrected chi connectivity index (χ3v) is 2.68. The average molecular weight is 245 g/mol. The Balaban J connectivity index is 2.58. The molecule has 0 saturated heterocycles. The van der Waals surface area contributed by atoms with E-state index in [9.17, 15) is 4.79 Å². The van der Waals surface area contributed by atoms with E-state index < -0.39 is 0 Å². The maximum absolute atomic E-state index is 12.3. The summed E-state index contributed by atoms with van der Waals surface area (Å²) < 4.78 is 1.50. The van der Waals surface area contributed by atoms with Gasteiger partial charge in [-0.2, -0.15) is 0 Å². The summed E-state index contributed by atoms with van der Waals surface area (Å²) in [4.78, 5) is 17.0. The predicted octanol–water partition coefficient (Wildman–Crippen LogP) is 1.84. The average Bonchev–Trinajstić information content (AvgIpc) is 2.66. The number of oxime groups is 1. The first-order valence-corrected chi connectivity index (χ1v) is 5.60. The van der Waals surface area contributed by atoms with E-state index in [2.05, 4.69) is 10.3 Å². The van der Waals surface area contributed by atoms with Gasteiger partial charge in [-0.25, -0.2) is 4.68 Å². The molecule has 0 saturated carbocycles. The van der Waals surface area contributed by atoms with Gasteiger partial charge in [-0.3, -0.25) is 9.89 Å². The highest BCUT2D eigenvalue weighted by Crippen LogP contribution is 2.07. The van der Waals surface area contributed by atoms with Gasteiger partial charge >= 0.3 is 0 Å². The van der Waals surface area contributed by atoms with Crippen molar-refractivity contribution >= 4 is 5.71 Å². The van der Waals surface area contributed by atoms with E-state index in [4.69, 9.17) is 4.84 Å². The summed E-state index contributed by atoms with van der Waals surface area (Å²) >= 11 is 0. The van der Waals surface area contributed by atoms with Gasteiger partial charge < -0.3 is 4.84 Å². The molecule has 0 bridgehead atoms. The van der Waals surface area contributed by atoms with E-state index in [0.29, 0.717) is 11.3 Å². The molecule has 94 valence electrons. The second-order valence-corrected chi connectivity index (χ2v) is 3.95. The molecule has 1 aromatic carbocycles. The number of hydrogen-bond donors (Lipinski definition) is 1. The second kappa shape index (κ2) is 4.91. The normalized spacial score (nSPS) is 11.6. The number of nitrogens with one attached hydrogen (secondary N) is 1. The van der Waals surface area contributed by atoms with Crippen LogP contribution in [0.25, 0.3) is 5.69 Å². The summed E-state index contributed by atoms with van der Waals surface area (Å²) in [7, 11) is 1.46. The molecule has 0 atom stereocenters. The van der Waals surface area contributed by atoms with Gasteiger partial charge in [0.2, 0.25) is 0 Å². The van der Waals surface area contributed by atoms with Crippen molar-refractivity contribution in [2.24, 2.45) is 5.16 Å². The first-order valence-electron chi connectivity index (χ1n) is 5.60. The Labute approximate surface area is 105 Å². The van der Waals surface area contributed by atoms with Crippen LogP contribution in [-0.2, 0) is 4.84 Å². The Bertz CT molecular complexity index is 623. The summed E-state index contributed by atoms with van der Waals surface area (Å²) in [5.41, 5.74) is 2.54. The van der Waals surface area contributed by atoms with Crippen LogP contribution in [0.3, 0.4) is 0 Å². The third kappa shape index (κ3) is 2.07. The minimum Gasteiger partial charge on any atom is -0.399 e. The Morgan fingerprint density at radius 2 is 2.00 bits per heavy atom. The zero-order valence-corrected chi connectivity index (χ0v) is 10.6. The second-order valence-electron chi connectivity index (χ2n) is 3.95. The van der Waals surface area contributed by atoms with Crippen molar-refractivity contribution < 1.29 is 4.84 Å². The maximum Gasteiger partial charge on any atom is 0.280 e. The predicted molar refractivity (Wildman–Crippen MR) is 70.3 cm³/mol. The van der Waals surface area contributed by atoms with E-state index in [1.54, 1.807) is 6.92 Å². The molecule has 5 nitrogen and oxygen atoms in total. The SMILES string of the molecule is CO/N=C(\C)c1c(C)[nH]n(-c2ccccc2)c1=O. The van der Waals surface area contributed by atoms with Crippen molar-refractivity contribution in [2.75, 3.05) is 7.11 Å². The van der Waals surface area contributed by atoms with E-state index in [1.165, 1.54) is 11.8 Å². The molecule has 0 aliphatic heterocycles. The maximum atomic E-state index is 12.3. The van der Waals surface area contributed by atoms with Crippen molar-refractivity contribution in [2.45, 2.75) is 13.8 Å². The van der Waals surface area contributed by atoms with Gasteiger partial charge in [0.15, 0.2) is 0 Å². The minimum absolute atomic E-state index is 0.128. The van der Waals surface area contributed by atoms with E-state index in [0.717, 1.165) is 11.4 Å². The van der Waals surface area contributed by atoms with Gasteiger partial charge in [0.1, 0.15) is 7.11 Å². The number of H-pyrrole nitrogens is 1. The summed E-state index contributed by atoms with van der Waals surface area (Å²) in [5.74, 6) is 0. The van der Waals surface area contributed by atoms with Crippen molar-refractivity contribution in [1.82, 2.24) is 9.78 Å². The molecule has 2 aromatic rings. The number of benzene rings is 1. The molecule has 2 rings (SSSR count). The van der Waals surface area contributed by atoms with Crippen molar-refractivity contribution in [1.29, 1.82) is 0 Å². The van der Waals surface area contributed by atoms with Crippen LogP contribution in [-0.4, -0.2) is 22.6 Å². The zero-order valence-electron chi connectivity index (χ0n) is 10.6. The van der Waals surface area contributed by atoms with Gasteiger partial charge in [-0.05, 0) is 26.0 Å². The molecule has 1 aromatic heterocycles. The highest BCUT2D eigenvalue weighted by molar-refractivity contribution is 5.99. The molecular weight excluding hydrogens is 230 g/mol. The van der Waals surface area contributed by atoms with Gasteiger partial charge in [0.25, 0.3) is 5.56 Å². The van der Waals surface area contributed by atoms with Crippen molar-refractivity contribution in [3.05, 3.63) is 51.9 Å². The van der Waals surface area contributed by atoms with E-state index in [-0.39, 0.29) is 5.56 Å². The topological polar surface area (TPSA) is 59.4 Å². The van der Waals surface area contributed by atoms with Crippen LogP contribution < -0.4 is 5.56 Å². The summed E-state index contributed by atoms with van der Waals surface area (Å²) in [5, 5.41) is 6.84. The fraction of sp³-hybridized carbons (Fsp3) is 0.231. The number of aromatic amines is 1. The zero-order chi connectivity index (χ0) is 13.1. The first kappa shape index (κ1) is 12.2. The monoisotopic (exact) mass is 245 g/mol. The summed E-state index contributed by atoms with van der Waals surface area (Å²) in [6.07, 6.45) is 0. The van der Waals surface area contributed by atoms with Crippen molar-refractivity contribution in [3.63, 3.8) is 0 Å². The molecule has 1 N–H and O–H groups in total. The lowest BCUT2D eigenvalue weighted by molar-refractivity contribution is 0.213. The Morgan fingerprint density at radius 3 is 2.61 bits per heavy atom. The van der Waals surface area contributed by atoms with Crippen LogP contribution in [0.15, 0.2) is 40.3 Å². The third-order valence-electron chi connectivity index (χ3n) is 2.68. The molecule has 0 amide bonds. The molecule has 18 heavy (non-hydrogen) atoms. The van der Waals surface area contributed by atoms with Crippen LogP contribution in [0, 0.1) is 6.92 Å². The number of rotatable bonds is 3. The molecule has 0 aliphatic rings. The standard InChI is InChI=1S/C13H15N3O2/c1-9-12(10(2)15-18-3)13(17)16(14-9)11-7-5-4-6-8-11/h4-8,14H,1-3H3/b15-10+. The Hall–Kier alpha value is -2.30. The van der Waals surface area contributed by atoms with Crippen LogP contribution in [0.2, 0.25) is 0 Å². The summed E-state index contributed by atoms with van der Waals surface area (Å²) in [6.45, 7) is 3.58. The molecule has 0 radical (unpaired) electrons. The molecule has 0 fully saturated rings. The fourth-order valence-corrected chi connectivity index (χ4v) is 1.91. The number of hydrogen-bond acceptors (Lipinski definition) is 3. The smallest absolute Gasteiger partial charge is 0.280 e. The molecule has 0 spiro atoms. The largest absolute Gasteiger partial charge is 0.399 e. The molecular formula is C13H15N3O2. The molecule has 1 heterocycles. The lowest BCUT2D eigenvalue weighted by Crippen LogP contribution is -2.19. The van der Waals surface area contributed by atoms with Gasteiger partial charge in [0.05, 0.1) is 17.0 Å². The van der Waals surface area contributed by atoms with Crippen LogP contribution in [0.5, 0.6) is 0 Å². The van der Waals surface area contributed by atoms with Crippen LogP contribution in [0.1, 0.15) is 18.2 Å². The lowest BCUT2D eigenvalue weighted by atomic mass is 10.2. The van der Waals surface area contributed by atoms with E-state index >= 15 is 0 Å². The minimum atomic E-state index is -0.128. The quantitative estimate of drug-likeness (QED) is 0.662. The Morgan fingerprint density at radius 1 is 1.33 bits per heavy atom. The first-order chi connectivity index (χ1) is 8.65. The van der Waals surface area contributed by atoms with Gasteiger partial charge in [-0.15, -0.1) is 0 Å². The number of aryl methyl sites for hydroxylation is 1. The number of para-hydroxylation sites is 1. The highest BCUT2D eigenvalue weighted by Gasteiger charge is 2.14. The summed E-state index contributed by atoms with van der Waals surface area (Å²) in [6, 6.07) is 9.40. The number of aromatic nitrogens is 2. The highest BCUT2D eigenvalue weighted by atomic mass is 16.6. The molecule has 0 aliphatic carbocycles. The van der Waals surface area contributed by atoms with Crippen LogP contribution >= 0.6 is 0 Å². The van der Waals surface area contributed by atoms with E-state index in [1.807, 2.05) is 37.3 Å². The van der Waals surface area contributed by atoms with Crippen LogP contribution in [0.4, 0.5) is 0 Å². The van der Waals surface area contributed by atoms with Gasteiger partial charge in [0, 0.05) is 5.69 Å². The lowest BCUT2D eigenvalue weighted by Gasteiger charge is -1.99. The Kier molecular flexibility index (Phi) is 3.32. The van der Waals surface area contributed by atoms with Crippen molar-refractivity contribution in [3.8, 4) is 5.69 Å². The molecule has 5 heteroatoms. The van der Waals surface area contributed by atoms with Gasteiger partial charge in [-0.1, -0.05) is 23.4 Å². The molecule has 0 unspecified atom stereocenters. The fourth-order valence-electron chi connectivity index (χ4n) is 1.91. The number of nitrogens with zero attached hydrogens (tertiary/aromatic N) is 2.